The van der Waals surface area contributed by atoms with E-state index in [2.05, 4.69) is 5.32 Å². The second kappa shape index (κ2) is 6.94. The van der Waals surface area contributed by atoms with E-state index < -0.39 is 0 Å². The number of aromatic nitrogens is 1. The zero-order valence-electron chi connectivity index (χ0n) is 11.6. The largest absolute Gasteiger partial charge is 0.503 e. The van der Waals surface area contributed by atoms with Crippen LogP contribution in [0, 0.1) is 0 Å². The van der Waals surface area contributed by atoms with Crippen molar-refractivity contribution >= 4 is 5.91 Å². The lowest BCUT2D eigenvalue weighted by Crippen LogP contribution is -2.24. The summed E-state index contributed by atoms with van der Waals surface area (Å²) in [5, 5.41) is 12.2. The summed E-state index contributed by atoms with van der Waals surface area (Å²) in [7, 11) is 3.83. The second-order valence-corrected chi connectivity index (χ2v) is 4.78. The Morgan fingerprint density at radius 3 is 2.74 bits per heavy atom. The molecule has 0 saturated heterocycles. The Bertz CT molecular complexity index is 494. The summed E-state index contributed by atoms with van der Waals surface area (Å²) < 4.78 is 1.85. The van der Waals surface area contributed by atoms with Crippen LogP contribution in [0.4, 0.5) is 0 Å². The first-order valence-electron chi connectivity index (χ1n) is 6.21. The molecule has 1 heterocycles. The van der Waals surface area contributed by atoms with Crippen LogP contribution in [0.2, 0.25) is 0 Å². The van der Waals surface area contributed by atoms with Gasteiger partial charge in [0.15, 0.2) is 5.75 Å². The van der Waals surface area contributed by atoms with Crippen molar-refractivity contribution in [2.45, 2.75) is 26.4 Å². The molecule has 0 saturated carbocycles. The monoisotopic (exact) mass is 267 g/mol. The highest BCUT2D eigenvalue weighted by molar-refractivity contribution is 5.72. The highest BCUT2D eigenvalue weighted by Gasteiger charge is 2.06. The van der Waals surface area contributed by atoms with Crippen LogP contribution in [0.5, 0.6) is 5.75 Å². The van der Waals surface area contributed by atoms with E-state index in [1.54, 1.807) is 0 Å². The molecule has 0 radical (unpaired) electrons. The molecule has 0 aliphatic rings. The highest BCUT2D eigenvalue weighted by Crippen LogP contribution is 2.07. The quantitative estimate of drug-likeness (QED) is 0.719. The minimum Gasteiger partial charge on any atom is -0.503 e. The number of carbonyl (C=O) groups excluding carboxylic acids is 1. The number of aryl methyl sites for hydroxylation is 1. The first-order valence-corrected chi connectivity index (χ1v) is 6.21. The normalized spacial score (nSPS) is 10.7. The Hall–Kier alpha value is -1.82. The lowest BCUT2D eigenvalue weighted by molar-refractivity contribution is -0.118. The number of hydrogen-bond donors (Lipinski definition) is 2. The van der Waals surface area contributed by atoms with Crippen LogP contribution in [0.15, 0.2) is 17.1 Å². The summed E-state index contributed by atoms with van der Waals surface area (Å²) in [4.78, 5) is 24.2. The van der Waals surface area contributed by atoms with Crippen LogP contribution in [-0.2, 0) is 17.9 Å². The number of nitrogens with one attached hydrogen (secondary N) is 1. The van der Waals surface area contributed by atoms with Gasteiger partial charge in [-0.1, -0.05) is 0 Å². The van der Waals surface area contributed by atoms with Crippen LogP contribution in [0.25, 0.3) is 0 Å². The Labute approximate surface area is 112 Å². The van der Waals surface area contributed by atoms with Gasteiger partial charge in [-0.2, -0.15) is 0 Å². The van der Waals surface area contributed by atoms with Crippen LogP contribution in [-0.4, -0.2) is 41.1 Å². The fourth-order valence-corrected chi connectivity index (χ4v) is 1.78. The van der Waals surface area contributed by atoms with Gasteiger partial charge in [0.25, 0.3) is 0 Å². The molecule has 6 heteroatoms. The molecule has 2 N–H and O–H groups in total. The Morgan fingerprint density at radius 2 is 2.16 bits per heavy atom. The van der Waals surface area contributed by atoms with Gasteiger partial charge in [0, 0.05) is 38.3 Å². The Kier molecular flexibility index (Phi) is 5.57. The summed E-state index contributed by atoms with van der Waals surface area (Å²) in [6.45, 7) is 3.30. The van der Waals surface area contributed by atoms with Gasteiger partial charge in [-0.25, -0.2) is 0 Å². The summed E-state index contributed by atoms with van der Waals surface area (Å²) in [6.07, 6.45) is 2.19. The molecule has 1 aromatic heterocycles. The minimum absolute atomic E-state index is 0.0590. The van der Waals surface area contributed by atoms with E-state index in [-0.39, 0.29) is 17.1 Å². The van der Waals surface area contributed by atoms with Gasteiger partial charge in [-0.05, 0) is 20.5 Å². The number of nitrogens with zero attached hydrogens (tertiary/aromatic N) is 2. The smallest absolute Gasteiger partial charge is 0.223 e. The van der Waals surface area contributed by atoms with Gasteiger partial charge in [0.05, 0.1) is 6.20 Å². The van der Waals surface area contributed by atoms with Crippen molar-refractivity contribution in [1.29, 1.82) is 0 Å². The maximum Gasteiger partial charge on any atom is 0.223 e. The summed E-state index contributed by atoms with van der Waals surface area (Å²) >= 11 is 0. The molecule has 0 aromatic carbocycles. The van der Waals surface area contributed by atoms with Gasteiger partial charge in [0.2, 0.25) is 11.3 Å². The average molecular weight is 267 g/mol. The van der Waals surface area contributed by atoms with E-state index >= 15 is 0 Å². The molecular formula is C13H21N3O3. The van der Waals surface area contributed by atoms with Crippen LogP contribution in [0.3, 0.4) is 0 Å². The molecule has 0 spiro atoms. The van der Waals surface area contributed by atoms with Crippen LogP contribution >= 0.6 is 0 Å². The highest BCUT2D eigenvalue weighted by atomic mass is 16.3. The average Bonchev–Trinajstić information content (AvgIpc) is 2.29. The van der Waals surface area contributed by atoms with Gasteiger partial charge in [-0.15, -0.1) is 0 Å². The number of aromatic hydroxyl groups is 1. The molecule has 0 unspecified atom stereocenters. The number of carbonyl (C=O) groups is 1. The fraction of sp³-hybridized carbons (Fsp3) is 0.538. The van der Waals surface area contributed by atoms with E-state index in [9.17, 15) is 14.7 Å². The molecule has 0 bridgehead atoms. The molecule has 0 atom stereocenters. The molecule has 0 aliphatic heterocycles. The maximum atomic E-state index is 11.5. The minimum atomic E-state index is -0.366. The number of rotatable bonds is 6. The molecule has 6 nitrogen and oxygen atoms in total. The molecule has 0 fully saturated rings. The van der Waals surface area contributed by atoms with E-state index in [4.69, 9.17) is 0 Å². The van der Waals surface area contributed by atoms with Crippen molar-refractivity contribution in [2.24, 2.45) is 0 Å². The summed E-state index contributed by atoms with van der Waals surface area (Å²) in [6, 6.07) is 1.45. The van der Waals surface area contributed by atoms with Gasteiger partial charge in [-0.3, -0.25) is 9.59 Å². The number of hydrogen-bond acceptors (Lipinski definition) is 4. The molecule has 0 aliphatic carbocycles. The molecule has 1 rings (SSSR count). The Balaban J connectivity index is 2.76. The predicted molar refractivity (Wildman–Crippen MR) is 73.1 cm³/mol. The Morgan fingerprint density at radius 1 is 1.47 bits per heavy atom. The number of pyridine rings is 1. The third-order valence-corrected chi connectivity index (χ3v) is 2.63. The first kappa shape index (κ1) is 15.2. The zero-order valence-corrected chi connectivity index (χ0v) is 11.6. The van der Waals surface area contributed by atoms with Crippen molar-refractivity contribution in [1.82, 2.24) is 14.8 Å². The van der Waals surface area contributed by atoms with Gasteiger partial charge >= 0.3 is 0 Å². The van der Waals surface area contributed by atoms with Crippen LogP contribution < -0.4 is 10.7 Å². The first-order chi connectivity index (χ1) is 8.90. The van der Waals surface area contributed by atoms with Crippen molar-refractivity contribution in [3.05, 3.63) is 28.2 Å². The standard InChI is InChI=1S/C13H21N3O3/c1-10(17)14-5-4-6-16-9-13(19)12(18)7-11(16)8-15(2)3/h7,9,19H,4-6,8H2,1-3H3,(H,14,17). The molecule has 106 valence electrons. The molecular weight excluding hydrogens is 246 g/mol. The molecule has 1 amide bonds. The molecule has 19 heavy (non-hydrogen) atoms. The molecule has 1 aromatic rings. The van der Waals surface area contributed by atoms with E-state index in [0.717, 1.165) is 12.1 Å². The van der Waals surface area contributed by atoms with E-state index in [1.807, 2.05) is 23.6 Å². The van der Waals surface area contributed by atoms with Gasteiger partial charge < -0.3 is 19.9 Å². The van der Waals surface area contributed by atoms with Crippen molar-refractivity contribution in [3.63, 3.8) is 0 Å². The van der Waals surface area contributed by atoms with Crippen molar-refractivity contribution in [3.8, 4) is 5.75 Å². The van der Waals surface area contributed by atoms with Gasteiger partial charge in [0.1, 0.15) is 0 Å². The summed E-state index contributed by atoms with van der Waals surface area (Å²) in [5.74, 6) is -0.307. The third-order valence-electron chi connectivity index (χ3n) is 2.63. The lowest BCUT2D eigenvalue weighted by atomic mass is 10.3. The lowest BCUT2D eigenvalue weighted by Gasteiger charge is -2.17. The predicted octanol–water partition coefficient (Wildman–Crippen LogP) is 0.142. The number of amides is 1. The van der Waals surface area contributed by atoms with Crippen molar-refractivity contribution < 1.29 is 9.90 Å². The fourth-order valence-electron chi connectivity index (χ4n) is 1.78. The second-order valence-electron chi connectivity index (χ2n) is 4.78. The topological polar surface area (TPSA) is 74.6 Å². The van der Waals surface area contributed by atoms with E-state index in [1.165, 1.54) is 19.2 Å². The maximum absolute atomic E-state index is 11.5. The third kappa shape index (κ3) is 5.13. The zero-order chi connectivity index (χ0) is 14.4. The van der Waals surface area contributed by atoms with Crippen molar-refractivity contribution in [2.75, 3.05) is 20.6 Å². The SMILES string of the molecule is CC(=O)NCCCn1cc(O)c(=O)cc1CN(C)C. The van der Waals surface area contributed by atoms with Crippen LogP contribution in [0.1, 0.15) is 19.0 Å². The summed E-state index contributed by atoms with van der Waals surface area (Å²) in [5.41, 5.74) is 0.477. The van der Waals surface area contributed by atoms with E-state index in [0.29, 0.717) is 19.6 Å².